The van der Waals surface area contributed by atoms with E-state index >= 15 is 0 Å². The minimum Gasteiger partial charge on any atom is -0.481 e. The smallest absolute Gasteiger partial charge is 0.304 e. The van der Waals surface area contributed by atoms with Crippen molar-refractivity contribution in [2.75, 3.05) is 19.8 Å². The minimum atomic E-state index is -1.04. The van der Waals surface area contributed by atoms with Gasteiger partial charge in [-0.05, 0) is 30.0 Å². The van der Waals surface area contributed by atoms with Crippen molar-refractivity contribution in [3.05, 3.63) is 71.9 Å². The highest BCUT2D eigenvalue weighted by atomic mass is 16.5. The quantitative estimate of drug-likeness (QED) is 0.485. The SMILES string of the molecule is O=C(O)C[C@@H](CCc1ccccc1)C(=O)N[C@H]1Cc2cn(c3ccccc23)CCOCCNC1=O. The second kappa shape index (κ2) is 11.7. The fraction of sp³-hybridized carbons (Fsp3) is 0.370. The van der Waals surface area contributed by atoms with Gasteiger partial charge in [-0.15, -0.1) is 0 Å². The summed E-state index contributed by atoms with van der Waals surface area (Å²) in [5.41, 5.74) is 3.02. The highest BCUT2D eigenvalue weighted by Crippen LogP contribution is 2.23. The van der Waals surface area contributed by atoms with Gasteiger partial charge in [0, 0.05) is 42.5 Å². The lowest BCUT2D eigenvalue weighted by atomic mass is 9.94. The first kappa shape index (κ1) is 24.5. The summed E-state index contributed by atoms with van der Waals surface area (Å²) in [7, 11) is 0. The Hall–Kier alpha value is -3.65. The zero-order valence-corrected chi connectivity index (χ0v) is 19.6. The van der Waals surface area contributed by atoms with E-state index in [1.165, 1.54) is 0 Å². The van der Waals surface area contributed by atoms with Crippen LogP contribution in [0.5, 0.6) is 0 Å². The molecule has 2 atom stereocenters. The molecule has 0 unspecified atom stereocenters. The highest BCUT2D eigenvalue weighted by Gasteiger charge is 2.28. The fourth-order valence-electron chi connectivity index (χ4n) is 4.55. The van der Waals surface area contributed by atoms with Crippen molar-refractivity contribution in [3.63, 3.8) is 0 Å². The van der Waals surface area contributed by atoms with Gasteiger partial charge in [0.25, 0.3) is 0 Å². The Labute approximate surface area is 204 Å². The van der Waals surface area contributed by atoms with Crippen LogP contribution in [0.4, 0.5) is 0 Å². The van der Waals surface area contributed by atoms with Crippen LogP contribution in [0.3, 0.4) is 0 Å². The lowest BCUT2D eigenvalue weighted by Gasteiger charge is -2.22. The number of aryl methyl sites for hydroxylation is 1. The number of nitrogens with one attached hydrogen (secondary N) is 2. The molecule has 2 aromatic carbocycles. The summed E-state index contributed by atoms with van der Waals surface area (Å²) in [6, 6.07) is 16.8. The molecule has 2 bridgehead atoms. The van der Waals surface area contributed by atoms with Crippen LogP contribution < -0.4 is 10.6 Å². The van der Waals surface area contributed by atoms with Crippen molar-refractivity contribution in [2.24, 2.45) is 5.92 Å². The third kappa shape index (κ3) is 6.48. The predicted molar refractivity (Wildman–Crippen MR) is 132 cm³/mol. The van der Waals surface area contributed by atoms with E-state index < -0.39 is 23.8 Å². The van der Waals surface area contributed by atoms with Crippen molar-refractivity contribution in [2.45, 2.75) is 38.3 Å². The molecule has 8 heteroatoms. The molecule has 0 fully saturated rings. The number of benzene rings is 2. The van der Waals surface area contributed by atoms with Crippen molar-refractivity contribution < 1.29 is 24.2 Å². The second-order valence-electron chi connectivity index (χ2n) is 8.85. The summed E-state index contributed by atoms with van der Waals surface area (Å²) in [5.74, 6) is -2.51. The number of ether oxygens (including phenoxy) is 1. The van der Waals surface area contributed by atoms with Crippen LogP contribution in [0.1, 0.15) is 24.0 Å². The number of carbonyl (C=O) groups excluding carboxylic acids is 2. The summed E-state index contributed by atoms with van der Waals surface area (Å²) < 4.78 is 7.76. The average molecular weight is 478 g/mol. The topological polar surface area (TPSA) is 110 Å². The minimum absolute atomic E-state index is 0.292. The van der Waals surface area contributed by atoms with Gasteiger partial charge in [0.15, 0.2) is 0 Å². The molecule has 0 saturated carbocycles. The average Bonchev–Trinajstić information content (AvgIpc) is 3.20. The molecule has 3 N–H and O–H groups in total. The van der Waals surface area contributed by atoms with E-state index in [-0.39, 0.29) is 12.3 Å². The number of carbonyl (C=O) groups is 3. The first-order valence-electron chi connectivity index (χ1n) is 12.0. The van der Waals surface area contributed by atoms with E-state index in [4.69, 9.17) is 4.74 Å². The zero-order chi connectivity index (χ0) is 24.6. The number of nitrogens with zero attached hydrogens (tertiary/aromatic N) is 1. The Morgan fingerprint density at radius 2 is 1.89 bits per heavy atom. The zero-order valence-electron chi connectivity index (χ0n) is 19.6. The molecule has 184 valence electrons. The Balaban J connectivity index is 1.55. The van der Waals surface area contributed by atoms with E-state index in [9.17, 15) is 19.5 Å². The van der Waals surface area contributed by atoms with Gasteiger partial charge < -0.3 is 25.0 Å². The molecule has 1 aliphatic rings. The number of hydrogen-bond donors (Lipinski definition) is 3. The molecular weight excluding hydrogens is 446 g/mol. The lowest BCUT2D eigenvalue weighted by molar-refractivity contribution is -0.141. The normalized spacial score (nSPS) is 17.6. The second-order valence-corrected chi connectivity index (χ2v) is 8.85. The number of carboxylic acid groups (broad SMARTS) is 1. The van der Waals surface area contributed by atoms with Crippen LogP contribution >= 0.6 is 0 Å². The van der Waals surface area contributed by atoms with E-state index in [2.05, 4.69) is 15.2 Å². The number of fused-ring (bicyclic) bond motifs is 5. The van der Waals surface area contributed by atoms with Crippen molar-refractivity contribution in [3.8, 4) is 0 Å². The molecule has 1 aromatic heterocycles. The van der Waals surface area contributed by atoms with Gasteiger partial charge in [0.2, 0.25) is 11.8 Å². The van der Waals surface area contributed by atoms with Gasteiger partial charge in [-0.3, -0.25) is 14.4 Å². The Bertz CT molecular complexity index is 1170. The van der Waals surface area contributed by atoms with Crippen LogP contribution in [0.2, 0.25) is 0 Å². The van der Waals surface area contributed by atoms with Crippen molar-refractivity contribution in [1.29, 1.82) is 0 Å². The lowest BCUT2D eigenvalue weighted by Crippen LogP contribution is -2.50. The van der Waals surface area contributed by atoms with Gasteiger partial charge in [-0.2, -0.15) is 0 Å². The van der Waals surface area contributed by atoms with Crippen LogP contribution in [0.25, 0.3) is 10.9 Å². The van der Waals surface area contributed by atoms with E-state index in [1.807, 2.05) is 60.8 Å². The molecule has 35 heavy (non-hydrogen) atoms. The Morgan fingerprint density at radius 1 is 1.11 bits per heavy atom. The number of rotatable bonds is 7. The van der Waals surface area contributed by atoms with Gasteiger partial charge in [-0.25, -0.2) is 0 Å². The molecular formula is C27H31N3O5. The summed E-state index contributed by atoms with van der Waals surface area (Å²) >= 11 is 0. The predicted octanol–water partition coefficient (Wildman–Crippen LogP) is 2.54. The third-order valence-corrected chi connectivity index (χ3v) is 6.37. The van der Waals surface area contributed by atoms with Crippen molar-refractivity contribution >= 4 is 28.7 Å². The first-order chi connectivity index (χ1) is 17.0. The van der Waals surface area contributed by atoms with E-state index in [0.717, 1.165) is 22.0 Å². The number of aromatic nitrogens is 1. The molecule has 0 saturated heterocycles. The molecule has 1 aliphatic heterocycles. The monoisotopic (exact) mass is 477 g/mol. The molecule has 0 aliphatic carbocycles. The Kier molecular flexibility index (Phi) is 8.15. The Morgan fingerprint density at radius 3 is 2.69 bits per heavy atom. The summed E-state index contributed by atoms with van der Waals surface area (Å²) in [5, 5.41) is 16.1. The number of carboxylic acids is 1. The van der Waals surface area contributed by atoms with E-state index in [1.54, 1.807) is 0 Å². The number of hydrogen-bond acceptors (Lipinski definition) is 4. The fourth-order valence-corrected chi connectivity index (χ4v) is 4.55. The maximum atomic E-state index is 13.2. The molecule has 8 nitrogen and oxygen atoms in total. The van der Waals surface area contributed by atoms with Crippen LogP contribution in [0, 0.1) is 5.92 Å². The van der Waals surface area contributed by atoms with Crippen molar-refractivity contribution in [1.82, 2.24) is 15.2 Å². The summed E-state index contributed by atoms with van der Waals surface area (Å²) in [4.78, 5) is 37.8. The van der Waals surface area contributed by atoms with E-state index in [0.29, 0.717) is 45.6 Å². The molecule has 2 amide bonds. The van der Waals surface area contributed by atoms with Gasteiger partial charge in [0.1, 0.15) is 6.04 Å². The highest BCUT2D eigenvalue weighted by molar-refractivity contribution is 5.91. The first-order valence-corrected chi connectivity index (χ1v) is 12.0. The molecule has 4 rings (SSSR count). The van der Waals surface area contributed by atoms with Crippen LogP contribution in [0.15, 0.2) is 60.8 Å². The summed E-state index contributed by atoms with van der Waals surface area (Å²) in [6.07, 6.45) is 2.98. The molecule has 0 radical (unpaired) electrons. The maximum absolute atomic E-state index is 13.2. The largest absolute Gasteiger partial charge is 0.481 e. The molecule has 3 aromatic rings. The molecule has 0 spiro atoms. The van der Waals surface area contributed by atoms with Gasteiger partial charge in [0.05, 0.1) is 19.6 Å². The summed E-state index contributed by atoms with van der Waals surface area (Å²) in [6.45, 7) is 1.93. The van der Waals surface area contributed by atoms with Gasteiger partial charge in [-0.1, -0.05) is 48.5 Å². The molecule has 2 heterocycles. The van der Waals surface area contributed by atoms with Crippen LogP contribution in [-0.4, -0.2) is 53.3 Å². The van der Waals surface area contributed by atoms with Crippen LogP contribution in [-0.2, 0) is 38.5 Å². The maximum Gasteiger partial charge on any atom is 0.304 e. The number of amides is 2. The van der Waals surface area contributed by atoms with Gasteiger partial charge >= 0.3 is 5.97 Å². The number of para-hydroxylation sites is 1. The third-order valence-electron chi connectivity index (χ3n) is 6.37. The standard InChI is InChI=1S/C27H31N3O5/c31-25(32)17-20(11-10-19-6-2-1-3-7-19)26(33)29-23-16-21-18-30(24-9-5-4-8-22(21)24)13-15-35-14-12-28-27(23)34/h1-9,18,20,23H,10-17H2,(H,28,34)(H,29,33)(H,31,32)/t20-,23+/m1/s1. The number of aliphatic carboxylic acids is 1.